The van der Waals surface area contributed by atoms with Crippen LogP contribution >= 0.6 is 0 Å². The summed E-state index contributed by atoms with van der Waals surface area (Å²) in [6.45, 7) is 0. The van der Waals surface area contributed by atoms with Crippen molar-refractivity contribution in [2.75, 3.05) is 7.11 Å². The smallest absolute Gasteiger partial charge is 0.480 e. The molecule has 0 radical (unpaired) electrons. The molecule has 0 unspecified atom stereocenters. The van der Waals surface area contributed by atoms with Gasteiger partial charge in [0, 0.05) is 6.07 Å². The van der Waals surface area contributed by atoms with Gasteiger partial charge >= 0.3 is 12.5 Å². The molecule has 11 heteroatoms. The first-order valence-electron chi connectivity index (χ1n) is 4.65. The summed E-state index contributed by atoms with van der Waals surface area (Å²) in [5.74, 6) is -3.29. The summed E-state index contributed by atoms with van der Waals surface area (Å²) < 4.78 is 106. The van der Waals surface area contributed by atoms with Gasteiger partial charge in [-0.1, -0.05) is 0 Å². The van der Waals surface area contributed by atoms with Crippen LogP contribution < -0.4 is 9.47 Å². The lowest BCUT2D eigenvalue weighted by Gasteiger charge is -2.18. The van der Waals surface area contributed by atoms with E-state index in [1.807, 2.05) is 0 Å². The molecule has 0 atom stereocenters. The number of aromatic nitrogens is 1. The highest BCUT2D eigenvalue weighted by Crippen LogP contribution is 2.44. The van der Waals surface area contributed by atoms with E-state index in [1.165, 1.54) is 0 Å². The quantitative estimate of drug-likeness (QED) is 0.792. The molecule has 0 saturated carbocycles. The molecule has 1 aromatic rings. The Hall–Kier alpha value is -1.81. The number of nitrogens with zero attached hydrogens (tertiary/aromatic N) is 1. The lowest BCUT2D eigenvalue weighted by Crippen LogP contribution is -2.21. The molecule has 3 nitrogen and oxygen atoms in total. The molecule has 0 N–H and O–H groups in total. The Balaban J connectivity index is 3.53. The number of hydrogen-bond donors (Lipinski definition) is 0. The minimum Gasteiger partial charge on any atom is -0.480 e. The van der Waals surface area contributed by atoms with Crippen molar-refractivity contribution in [3.8, 4) is 11.6 Å². The first-order valence-corrected chi connectivity index (χ1v) is 4.65. The third kappa shape index (κ3) is 3.84. The first kappa shape index (κ1) is 16.2. The summed E-state index contributed by atoms with van der Waals surface area (Å²) in [5.41, 5.74) is -3.36. The second-order valence-electron chi connectivity index (χ2n) is 3.28. The maximum atomic E-state index is 12.6. The van der Waals surface area contributed by atoms with E-state index < -0.39 is 41.9 Å². The first-order chi connectivity index (χ1) is 8.95. The molecule has 0 aliphatic heterocycles. The van der Waals surface area contributed by atoms with E-state index in [0.29, 0.717) is 7.11 Å². The lowest BCUT2D eigenvalue weighted by molar-refractivity contribution is -0.276. The molecular formula is C9H5F8NO2. The third-order valence-corrected chi connectivity index (χ3v) is 1.90. The second-order valence-corrected chi connectivity index (χ2v) is 3.28. The monoisotopic (exact) mass is 311 g/mol. The molecular weight excluding hydrogens is 306 g/mol. The van der Waals surface area contributed by atoms with Crippen molar-refractivity contribution < 1.29 is 44.6 Å². The molecule has 0 amide bonds. The Kier molecular flexibility index (Phi) is 4.30. The van der Waals surface area contributed by atoms with Gasteiger partial charge in [-0.05, 0) is 0 Å². The molecule has 0 aliphatic carbocycles. The van der Waals surface area contributed by atoms with Crippen LogP contribution in [0.15, 0.2) is 6.07 Å². The number of alkyl halides is 8. The normalized spacial score (nSPS) is 12.7. The van der Waals surface area contributed by atoms with Crippen LogP contribution in [0.25, 0.3) is 0 Å². The molecule has 114 valence electrons. The van der Waals surface area contributed by atoms with E-state index in [1.54, 1.807) is 0 Å². The Labute approximate surface area is 106 Å². The van der Waals surface area contributed by atoms with Gasteiger partial charge in [0.15, 0.2) is 5.56 Å². The van der Waals surface area contributed by atoms with Crippen LogP contribution in [-0.2, 0) is 6.18 Å². The van der Waals surface area contributed by atoms with Crippen LogP contribution in [0.1, 0.15) is 17.7 Å². The fraction of sp³-hybridized carbons (Fsp3) is 0.444. The van der Waals surface area contributed by atoms with Gasteiger partial charge in [0.25, 0.3) is 6.43 Å². The molecule has 1 rings (SSSR count). The van der Waals surface area contributed by atoms with Crippen molar-refractivity contribution in [3.05, 3.63) is 17.3 Å². The zero-order chi connectivity index (χ0) is 15.7. The number of ether oxygens (including phenoxy) is 2. The average molecular weight is 311 g/mol. The summed E-state index contributed by atoms with van der Waals surface area (Å²) in [6, 6.07) is -0.135. The fourth-order valence-corrected chi connectivity index (χ4v) is 1.24. The van der Waals surface area contributed by atoms with Crippen LogP contribution in [0.2, 0.25) is 0 Å². The Morgan fingerprint density at radius 2 is 1.65 bits per heavy atom. The molecule has 0 aromatic carbocycles. The van der Waals surface area contributed by atoms with Gasteiger partial charge in [-0.15, -0.1) is 13.2 Å². The zero-order valence-corrected chi connectivity index (χ0v) is 9.44. The van der Waals surface area contributed by atoms with E-state index in [-0.39, 0.29) is 6.07 Å². The van der Waals surface area contributed by atoms with Crippen molar-refractivity contribution in [3.63, 3.8) is 0 Å². The van der Waals surface area contributed by atoms with Crippen molar-refractivity contribution in [1.82, 2.24) is 4.98 Å². The highest BCUT2D eigenvalue weighted by atomic mass is 19.4. The molecule has 0 aliphatic rings. The number of methoxy groups -OCH3 is 1. The van der Waals surface area contributed by atoms with Gasteiger partial charge in [0.2, 0.25) is 5.88 Å². The predicted molar refractivity (Wildman–Crippen MR) is 47.4 cm³/mol. The minimum atomic E-state index is -5.49. The Morgan fingerprint density at radius 3 is 2.00 bits per heavy atom. The topological polar surface area (TPSA) is 31.4 Å². The van der Waals surface area contributed by atoms with Crippen molar-refractivity contribution in [2.45, 2.75) is 19.0 Å². The van der Waals surface area contributed by atoms with Crippen LogP contribution in [0.3, 0.4) is 0 Å². The highest BCUT2D eigenvalue weighted by Gasteiger charge is 2.43. The average Bonchev–Trinajstić information content (AvgIpc) is 2.23. The van der Waals surface area contributed by atoms with Gasteiger partial charge in [0.05, 0.1) is 7.11 Å². The minimum absolute atomic E-state index is 0.135. The van der Waals surface area contributed by atoms with Crippen LogP contribution in [0.4, 0.5) is 35.1 Å². The van der Waals surface area contributed by atoms with Crippen LogP contribution in [0.5, 0.6) is 11.6 Å². The van der Waals surface area contributed by atoms with Crippen molar-refractivity contribution in [1.29, 1.82) is 0 Å². The summed E-state index contributed by atoms with van der Waals surface area (Å²) in [5, 5.41) is 0. The van der Waals surface area contributed by atoms with E-state index in [9.17, 15) is 35.1 Å². The summed E-state index contributed by atoms with van der Waals surface area (Å²) in [7, 11) is 0.643. The lowest BCUT2D eigenvalue weighted by atomic mass is 10.2. The predicted octanol–water partition coefficient (Wildman–Crippen LogP) is 3.95. The summed E-state index contributed by atoms with van der Waals surface area (Å²) >= 11 is 0. The third-order valence-electron chi connectivity index (χ3n) is 1.90. The number of rotatable bonds is 3. The maximum absolute atomic E-state index is 12.6. The van der Waals surface area contributed by atoms with Gasteiger partial charge in [-0.25, -0.2) is 13.8 Å². The largest absolute Gasteiger partial charge is 0.573 e. The molecule has 0 saturated heterocycles. The van der Waals surface area contributed by atoms with Crippen molar-refractivity contribution >= 4 is 0 Å². The Morgan fingerprint density at radius 1 is 1.10 bits per heavy atom. The van der Waals surface area contributed by atoms with E-state index >= 15 is 0 Å². The number of halogens is 8. The van der Waals surface area contributed by atoms with Crippen LogP contribution in [0, 0.1) is 0 Å². The fourth-order valence-electron chi connectivity index (χ4n) is 1.24. The van der Waals surface area contributed by atoms with E-state index in [0.717, 1.165) is 0 Å². The molecule has 0 spiro atoms. The number of pyridine rings is 1. The summed E-state index contributed by atoms with van der Waals surface area (Å²) in [6.07, 6.45) is -14.2. The molecule has 1 aromatic heterocycles. The van der Waals surface area contributed by atoms with Gasteiger partial charge in [-0.2, -0.15) is 13.2 Å². The molecule has 0 fully saturated rings. The second kappa shape index (κ2) is 5.29. The highest BCUT2D eigenvalue weighted by molar-refractivity contribution is 5.44. The zero-order valence-electron chi connectivity index (χ0n) is 9.44. The molecule has 20 heavy (non-hydrogen) atoms. The molecule has 0 bridgehead atoms. The van der Waals surface area contributed by atoms with Gasteiger partial charge in [-0.3, -0.25) is 0 Å². The SMILES string of the molecule is COc1nc(C(F)F)cc(OC(F)(F)F)c1C(F)(F)F. The van der Waals surface area contributed by atoms with Crippen molar-refractivity contribution in [2.24, 2.45) is 0 Å². The van der Waals surface area contributed by atoms with Gasteiger partial charge < -0.3 is 9.47 Å². The number of hydrogen-bond acceptors (Lipinski definition) is 3. The standard InChI is InChI=1S/C9H5F8NO2/c1-19-7-5(8(12,13)14)4(20-9(15,16)17)2-3(18-7)6(10)11/h2,6H,1H3. The van der Waals surface area contributed by atoms with E-state index in [4.69, 9.17) is 0 Å². The summed E-state index contributed by atoms with van der Waals surface area (Å²) in [4.78, 5) is 2.81. The van der Waals surface area contributed by atoms with Gasteiger partial charge in [0.1, 0.15) is 11.4 Å². The van der Waals surface area contributed by atoms with E-state index in [2.05, 4.69) is 14.5 Å². The maximum Gasteiger partial charge on any atom is 0.573 e. The molecule has 1 heterocycles. The Bertz CT molecular complexity index is 482. The van der Waals surface area contributed by atoms with Crippen LogP contribution in [-0.4, -0.2) is 18.5 Å².